The molecule has 0 aromatic heterocycles. The molecule has 0 spiro atoms. The van der Waals surface area contributed by atoms with Crippen LogP contribution in [-0.2, 0) is 20.8 Å². The molecule has 1 saturated heterocycles. The Hall–Kier alpha value is -2.17. The van der Waals surface area contributed by atoms with Gasteiger partial charge in [-0.25, -0.2) is 4.79 Å². The molecule has 2 aliphatic rings. The maximum Gasteiger partial charge on any atom is 0.327 e. The summed E-state index contributed by atoms with van der Waals surface area (Å²) in [6.45, 7) is 0. The molecule has 1 heterocycles. The second-order valence-corrected chi connectivity index (χ2v) is 6.09. The second kappa shape index (κ2) is 5.91. The summed E-state index contributed by atoms with van der Waals surface area (Å²) < 4.78 is 0. The molecule has 0 bridgehead atoms. The largest absolute Gasteiger partial charge is 0.480 e. The quantitative estimate of drug-likeness (QED) is 0.861. The van der Waals surface area contributed by atoms with Gasteiger partial charge in [-0.15, -0.1) is 0 Å². The van der Waals surface area contributed by atoms with E-state index in [4.69, 9.17) is 0 Å². The van der Waals surface area contributed by atoms with E-state index >= 15 is 0 Å². The molecule has 116 valence electrons. The van der Waals surface area contributed by atoms with Crippen LogP contribution in [0.1, 0.15) is 31.2 Å². The van der Waals surface area contributed by atoms with Gasteiger partial charge < -0.3 is 5.11 Å². The first-order chi connectivity index (χ1) is 10.6. The lowest BCUT2D eigenvalue weighted by Gasteiger charge is -2.23. The SMILES string of the molecule is O=C(O)[C@@H](Cc1ccccc1)N1C(=O)[C@H]2CCCC[C@@H]2C1=O. The van der Waals surface area contributed by atoms with E-state index in [9.17, 15) is 19.5 Å². The molecule has 3 atom stereocenters. The summed E-state index contributed by atoms with van der Waals surface area (Å²) in [5, 5.41) is 9.52. The molecule has 1 aromatic carbocycles. The van der Waals surface area contributed by atoms with Crippen LogP contribution < -0.4 is 0 Å². The number of carboxylic acid groups (broad SMARTS) is 1. The number of hydrogen-bond donors (Lipinski definition) is 1. The molecule has 5 heteroatoms. The minimum atomic E-state index is -1.12. The normalized spacial score (nSPS) is 25.9. The Kier molecular flexibility index (Phi) is 3.96. The molecular formula is C17H19NO4. The van der Waals surface area contributed by atoms with E-state index in [0.29, 0.717) is 12.8 Å². The Bertz CT molecular complexity index is 574. The van der Waals surface area contributed by atoms with Gasteiger partial charge in [0.1, 0.15) is 6.04 Å². The van der Waals surface area contributed by atoms with Crippen molar-refractivity contribution in [3.05, 3.63) is 35.9 Å². The smallest absolute Gasteiger partial charge is 0.327 e. The van der Waals surface area contributed by atoms with Crippen molar-refractivity contribution in [2.45, 2.75) is 38.1 Å². The predicted octanol–water partition coefficient (Wildman–Crippen LogP) is 1.86. The van der Waals surface area contributed by atoms with Gasteiger partial charge in [-0.1, -0.05) is 43.2 Å². The Balaban J connectivity index is 1.86. The molecule has 1 aromatic rings. The molecule has 1 saturated carbocycles. The van der Waals surface area contributed by atoms with E-state index in [0.717, 1.165) is 23.3 Å². The van der Waals surface area contributed by atoms with Crippen LogP contribution in [0.3, 0.4) is 0 Å². The van der Waals surface area contributed by atoms with E-state index < -0.39 is 12.0 Å². The van der Waals surface area contributed by atoms with Gasteiger partial charge in [-0.05, 0) is 18.4 Å². The summed E-state index contributed by atoms with van der Waals surface area (Å²) >= 11 is 0. The lowest BCUT2D eigenvalue weighted by Crippen LogP contribution is -2.46. The van der Waals surface area contributed by atoms with Gasteiger partial charge in [-0.2, -0.15) is 0 Å². The summed E-state index contributed by atoms with van der Waals surface area (Å²) in [4.78, 5) is 37.7. The topological polar surface area (TPSA) is 74.7 Å². The third kappa shape index (κ3) is 2.51. The zero-order valence-electron chi connectivity index (χ0n) is 12.3. The molecular weight excluding hydrogens is 282 g/mol. The lowest BCUT2D eigenvalue weighted by molar-refractivity contribution is -0.155. The number of likely N-dealkylation sites (tertiary alicyclic amines) is 1. The highest BCUT2D eigenvalue weighted by Gasteiger charge is 2.51. The molecule has 0 radical (unpaired) electrons. The van der Waals surface area contributed by atoms with Gasteiger partial charge in [0, 0.05) is 6.42 Å². The molecule has 5 nitrogen and oxygen atoms in total. The van der Waals surface area contributed by atoms with Crippen molar-refractivity contribution < 1.29 is 19.5 Å². The number of nitrogens with zero attached hydrogens (tertiary/aromatic N) is 1. The maximum atomic E-state index is 12.5. The number of fused-ring (bicyclic) bond motifs is 1. The Morgan fingerprint density at radius 1 is 1.09 bits per heavy atom. The molecule has 1 N–H and O–H groups in total. The van der Waals surface area contributed by atoms with Crippen LogP contribution in [-0.4, -0.2) is 33.8 Å². The average Bonchev–Trinajstić information content (AvgIpc) is 2.78. The van der Waals surface area contributed by atoms with Crippen molar-refractivity contribution in [3.8, 4) is 0 Å². The highest BCUT2D eigenvalue weighted by Crippen LogP contribution is 2.39. The van der Waals surface area contributed by atoms with Crippen LogP contribution in [0.5, 0.6) is 0 Å². The van der Waals surface area contributed by atoms with Crippen LogP contribution in [0, 0.1) is 11.8 Å². The van der Waals surface area contributed by atoms with Crippen LogP contribution >= 0.6 is 0 Å². The third-order valence-corrected chi connectivity index (χ3v) is 4.74. The van der Waals surface area contributed by atoms with Gasteiger partial charge in [-0.3, -0.25) is 14.5 Å². The molecule has 2 amide bonds. The summed E-state index contributed by atoms with van der Waals surface area (Å²) in [6.07, 6.45) is 3.43. The fourth-order valence-electron chi connectivity index (χ4n) is 3.62. The number of rotatable bonds is 4. The third-order valence-electron chi connectivity index (χ3n) is 4.74. The van der Waals surface area contributed by atoms with Crippen molar-refractivity contribution in [1.29, 1.82) is 0 Å². The average molecular weight is 301 g/mol. The maximum absolute atomic E-state index is 12.5. The van der Waals surface area contributed by atoms with Crippen molar-refractivity contribution in [3.63, 3.8) is 0 Å². The van der Waals surface area contributed by atoms with Crippen molar-refractivity contribution in [2.75, 3.05) is 0 Å². The molecule has 1 aliphatic heterocycles. The summed E-state index contributed by atoms with van der Waals surface area (Å²) in [6, 6.07) is 8.01. The van der Waals surface area contributed by atoms with Crippen molar-refractivity contribution in [2.24, 2.45) is 11.8 Å². The Morgan fingerprint density at radius 2 is 1.64 bits per heavy atom. The highest BCUT2D eigenvalue weighted by atomic mass is 16.4. The minimum Gasteiger partial charge on any atom is -0.480 e. The van der Waals surface area contributed by atoms with Gasteiger partial charge in [0.2, 0.25) is 11.8 Å². The van der Waals surface area contributed by atoms with Gasteiger partial charge in [0.25, 0.3) is 0 Å². The number of carbonyl (C=O) groups is 3. The molecule has 2 fully saturated rings. The zero-order chi connectivity index (χ0) is 15.7. The summed E-state index contributed by atoms with van der Waals surface area (Å²) in [5.41, 5.74) is 0.811. The highest BCUT2D eigenvalue weighted by molar-refractivity contribution is 6.07. The number of benzene rings is 1. The van der Waals surface area contributed by atoms with Crippen LogP contribution in [0.4, 0.5) is 0 Å². The second-order valence-electron chi connectivity index (χ2n) is 6.09. The Morgan fingerprint density at radius 3 is 2.14 bits per heavy atom. The number of aliphatic carboxylic acids is 1. The fourth-order valence-corrected chi connectivity index (χ4v) is 3.62. The van der Waals surface area contributed by atoms with Crippen molar-refractivity contribution in [1.82, 2.24) is 4.90 Å². The van der Waals surface area contributed by atoms with Crippen LogP contribution in [0.25, 0.3) is 0 Å². The number of imide groups is 1. The Labute approximate surface area is 128 Å². The van der Waals surface area contributed by atoms with Gasteiger partial charge in [0.05, 0.1) is 11.8 Å². The molecule has 3 rings (SSSR count). The zero-order valence-corrected chi connectivity index (χ0v) is 12.3. The standard InChI is InChI=1S/C17H19NO4/c19-15-12-8-4-5-9-13(12)16(20)18(15)14(17(21)22)10-11-6-2-1-3-7-11/h1-3,6-7,12-14H,4-5,8-10H2,(H,21,22)/t12-,13-,14+/m0/s1. The molecule has 22 heavy (non-hydrogen) atoms. The van der Waals surface area contributed by atoms with E-state index in [-0.39, 0.29) is 30.1 Å². The number of hydrogen-bond acceptors (Lipinski definition) is 3. The molecule has 0 unspecified atom stereocenters. The lowest BCUT2D eigenvalue weighted by atomic mass is 9.81. The first kappa shape index (κ1) is 14.8. The number of carboxylic acids is 1. The van der Waals surface area contributed by atoms with Crippen molar-refractivity contribution >= 4 is 17.8 Å². The number of carbonyl (C=O) groups excluding carboxylic acids is 2. The summed E-state index contributed by atoms with van der Waals surface area (Å²) in [5.74, 6) is -2.32. The fraction of sp³-hybridized carbons (Fsp3) is 0.471. The van der Waals surface area contributed by atoms with Gasteiger partial charge in [0.15, 0.2) is 0 Å². The van der Waals surface area contributed by atoms with E-state index in [1.54, 1.807) is 0 Å². The van der Waals surface area contributed by atoms with Crippen LogP contribution in [0.2, 0.25) is 0 Å². The van der Waals surface area contributed by atoms with Crippen LogP contribution in [0.15, 0.2) is 30.3 Å². The first-order valence-corrected chi connectivity index (χ1v) is 7.73. The predicted molar refractivity (Wildman–Crippen MR) is 78.9 cm³/mol. The first-order valence-electron chi connectivity index (χ1n) is 7.73. The van der Waals surface area contributed by atoms with E-state index in [2.05, 4.69) is 0 Å². The van der Waals surface area contributed by atoms with E-state index in [1.165, 1.54) is 0 Å². The molecule has 1 aliphatic carbocycles. The monoisotopic (exact) mass is 301 g/mol. The van der Waals surface area contributed by atoms with Gasteiger partial charge >= 0.3 is 5.97 Å². The summed E-state index contributed by atoms with van der Waals surface area (Å²) in [7, 11) is 0. The minimum absolute atomic E-state index is 0.160. The number of amides is 2. The van der Waals surface area contributed by atoms with E-state index in [1.807, 2.05) is 30.3 Å².